The van der Waals surface area contributed by atoms with Crippen LogP contribution in [0.25, 0.3) is 0 Å². The summed E-state index contributed by atoms with van der Waals surface area (Å²) in [5.74, 6) is -0.932. The molecule has 0 saturated carbocycles. The van der Waals surface area contributed by atoms with E-state index in [1.165, 1.54) is 11.3 Å². The van der Waals surface area contributed by atoms with Gasteiger partial charge in [0.2, 0.25) is 5.91 Å². The van der Waals surface area contributed by atoms with E-state index in [9.17, 15) is 9.59 Å². The summed E-state index contributed by atoms with van der Waals surface area (Å²) < 4.78 is 0. The SMILES string of the molecule is CC(C)C(N)CC(=O)NC(CC(=O)O)c1cccs1. The zero-order valence-corrected chi connectivity index (χ0v) is 11.9. The summed E-state index contributed by atoms with van der Waals surface area (Å²) in [5, 5.41) is 13.5. The molecule has 6 heteroatoms. The third-order valence-corrected chi connectivity index (χ3v) is 3.86. The van der Waals surface area contributed by atoms with Crippen molar-refractivity contribution in [3.05, 3.63) is 22.4 Å². The second-order valence-electron chi connectivity index (χ2n) is 4.85. The number of hydrogen-bond acceptors (Lipinski definition) is 4. The van der Waals surface area contributed by atoms with Gasteiger partial charge < -0.3 is 16.2 Å². The summed E-state index contributed by atoms with van der Waals surface area (Å²) >= 11 is 1.43. The van der Waals surface area contributed by atoms with Crippen molar-refractivity contribution in [1.29, 1.82) is 0 Å². The molecule has 1 aromatic rings. The molecule has 5 nitrogen and oxygen atoms in total. The molecule has 2 atom stereocenters. The van der Waals surface area contributed by atoms with Gasteiger partial charge in [0, 0.05) is 17.3 Å². The van der Waals surface area contributed by atoms with Gasteiger partial charge in [0.25, 0.3) is 0 Å². The van der Waals surface area contributed by atoms with E-state index in [1.807, 2.05) is 31.4 Å². The second-order valence-corrected chi connectivity index (χ2v) is 5.82. The van der Waals surface area contributed by atoms with Crippen LogP contribution in [0.5, 0.6) is 0 Å². The average molecular weight is 284 g/mol. The standard InChI is InChI=1S/C13H20N2O3S/c1-8(2)9(14)6-12(16)15-10(7-13(17)18)11-4-3-5-19-11/h3-5,8-10H,6-7,14H2,1-2H3,(H,15,16)(H,17,18). The van der Waals surface area contributed by atoms with Gasteiger partial charge in [-0.1, -0.05) is 19.9 Å². The molecular formula is C13H20N2O3S. The molecule has 0 fully saturated rings. The second kappa shape index (κ2) is 7.25. The van der Waals surface area contributed by atoms with E-state index in [1.54, 1.807) is 0 Å². The molecular weight excluding hydrogens is 264 g/mol. The zero-order valence-electron chi connectivity index (χ0n) is 11.1. The number of amides is 1. The number of hydrogen-bond donors (Lipinski definition) is 3. The molecule has 0 bridgehead atoms. The molecule has 0 aliphatic carbocycles. The minimum absolute atomic E-state index is 0.122. The van der Waals surface area contributed by atoms with Crippen molar-refractivity contribution in [3.63, 3.8) is 0 Å². The highest BCUT2D eigenvalue weighted by Gasteiger charge is 2.20. The Bertz CT molecular complexity index is 418. The molecule has 0 radical (unpaired) electrons. The first-order valence-electron chi connectivity index (χ1n) is 6.20. The van der Waals surface area contributed by atoms with Gasteiger partial charge in [-0.15, -0.1) is 11.3 Å². The van der Waals surface area contributed by atoms with Crippen LogP contribution in [0.2, 0.25) is 0 Å². The first kappa shape index (κ1) is 15.7. The maximum atomic E-state index is 11.9. The summed E-state index contributed by atoms with van der Waals surface area (Å²) in [5.41, 5.74) is 5.84. The van der Waals surface area contributed by atoms with E-state index in [0.29, 0.717) is 0 Å². The first-order valence-corrected chi connectivity index (χ1v) is 7.08. The van der Waals surface area contributed by atoms with Crippen molar-refractivity contribution in [2.45, 2.75) is 38.8 Å². The smallest absolute Gasteiger partial charge is 0.305 e. The van der Waals surface area contributed by atoms with Crippen LogP contribution in [0.3, 0.4) is 0 Å². The molecule has 1 amide bonds. The van der Waals surface area contributed by atoms with Gasteiger partial charge in [0.15, 0.2) is 0 Å². The molecule has 0 spiro atoms. The van der Waals surface area contributed by atoms with Crippen LogP contribution in [0, 0.1) is 5.92 Å². The van der Waals surface area contributed by atoms with Gasteiger partial charge >= 0.3 is 5.97 Å². The number of carboxylic acids is 1. The Kier molecular flexibility index (Phi) is 5.98. The molecule has 106 valence electrons. The molecule has 0 saturated heterocycles. The van der Waals surface area contributed by atoms with E-state index >= 15 is 0 Å². The maximum Gasteiger partial charge on any atom is 0.305 e. The Hall–Kier alpha value is -1.40. The van der Waals surface area contributed by atoms with E-state index in [4.69, 9.17) is 10.8 Å². The maximum absolute atomic E-state index is 11.9. The number of carboxylic acid groups (broad SMARTS) is 1. The van der Waals surface area contributed by atoms with Gasteiger partial charge in [-0.3, -0.25) is 9.59 Å². The van der Waals surface area contributed by atoms with Crippen molar-refractivity contribution in [2.24, 2.45) is 11.7 Å². The van der Waals surface area contributed by atoms with Crippen molar-refractivity contribution in [3.8, 4) is 0 Å². The Labute approximate surface area is 116 Å². The monoisotopic (exact) mass is 284 g/mol. The van der Waals surface area contributed by atoms with Crippen LogP contribution in [-0.4, -0.2) is 23.0 Å². The van der Waals surface area contributed by atoms with Crippen LogP contribution in [0.1, 0.15) is 37.6 Å². The van der Waals surface area contributed by atoms with Crippen LogP contribution in [0.15, 0.2) is 17.5 Å². The van der Waals surface area contributed by atoms with E-state index in [0.717, 1.165) is 4.88 Å². The fraction of sp³-hybridized carbons (Fsp3) is 0.538. The Morgan fingerprint density at radius 3 is 2.58 bits per heavy atom. The van der Waals surface area contributed by atoms with E-state index in [2.05, 4.69) is 5.32 Å². The van der Waals surface area contributed by atoms with Crippen molar-refractivity contribution < 1.29 is 14.7 Å². The molecule has 0 aromatic carbocycles. The number of nitrogens with two attached hydrogens (primary N) is 1. The number of nitrogens with one attached hydrogen (secondary N) is 1. The molecule has 0 aliphatic heterocycles. The molecule has 0 aliphatic rings. The number of carbonyl (C=O) groups excluding carboxylic acids is 1. The highest BCUT2D eigenvalue weighted by atomic mass is 32.1. The molecule has 1 aromatic heterocycles. The van der Waals surface area contributed by atoms with Gasteiger partial charge in [0.1, 0.15) is 0 Å². The molecule has 1 heterocycles. The normalized spacial score (nSPS) is 14.1. The number of aliphatic carboxylic acids is 1. The van der Waals surface area contributed by atoms with Crippen LogP contribution >= 0.6 is 11.3 Å². The van der Waals surface area contributed by atoms with E-state index in [-0.39, 0.29) is 30.7 Å². The molecule has 4 N–H and O–H groups in total. The lowest BCUT2D eigenvalue weighted by atomic mass is 10.0. The lowest BCUT2D eigenvalue weighted by Gasteiger charge is -2.19. The summed E-state index contributed by atoms with van der Waals surface area (Å²) in [6, 6.07) is 2.96. The fourth-order valence-electron chi connectivity index (χ4n) is 1.59. The summed E-state index contributed by atoms with van der Waals surface area (Å²) in [6.07, 6.45) is 0.0856. The average Bonchev–Trinajstić information content (AvgIpc) is 2.80. The van der Waals surface area contributed by atoms with Gasteiger partial charge in [-0.05, 0) is 17.4 Å². The van der Waals surface area contributed by atoms with Gasteiger partial charge in [-0.25, -0.2) is 0 Å². The number of thiophene rings is 1. The lowest BCUT2D eigenvalue weighted by Crippen LogP contribution is -2.37. The predicted molar refractivity (Wildman–Crippen MR) is 74.9 cm³/mol. The number of rotatable bonds is 7. The first-order chi connectivity index (χ1) is 8.90. The zero-order chi connectivity index (χ0) is 14.4. The molecule has 2 unspecified atom stereocenters. The largest absolute Gasteiger partial charge is 0.481 e. The van der Waals surface area contributed by atoms with Crippen molar-refractivity contribution in [2.75, 3.05) is 0 Å². The fourth-order valence-corrected chi connectivity index (χ4v) is 2.37. The quantitative estimate of drug-likeness (QED) is 0.711. The Morgan fingerprint density at radius 2 is 2.11 bits per heavy atom. The highest BCUT2D eigenvalue weighted by molar-refractivity contribution is 7.10. The van der Waals surface area contributed by atoms with Gasteiger partial charge in [-0.2, -0.15) is 0 Å². The van der Waals surface area contributed by atoms with Crippen LogP contribution in [0.4, 0.5) is 0 Å². The topological polar surface area (TPSA) is 92.4 Å². The van der Waals surface area contributed by atoms with E-state index < -0.39 is 12.0 Å². The molecule has 19 heavy (non-hydrogen) atoms. The summed E-state index contributed by atoms with van der Waals surface area (Å²) in [4.78, 5) is 23.6. The third-order valence-electron chi connectivity index (χ3n) is 2.88. The van der Waals surface area contributed by atoms with Crippen LogP contribution < -0.4 is 11.1 Å². The Morgan fingerprint density at radius 1 is 1.42 bits per heavy atom. The highest BCUT2D eigenvalue weighted by Crippen LogP contribution is 2.22. The minimum atomic E-state index is -0.938. The molecule has 1 rings (SSSR count). The lowest BCUT2D eigenvalue weighted by molar-refractivity contribution is -0.137. The Balaban J connectivity index is 2.63. The van der Waals surface area contributed by atoms with Crippen molar-refractivity contribution in [1.82, 2.24) is 5.32 Å². The summed E-state index contributed by atoms with van der Waals surface area (Å²) in [6.45, 7) is 3.90. The number of carbonyl (C=O) groups is 2. The summed E-state index contributed by atoms with van der Waals surface area (Å²) in [7, 11) is 0. The van der Waals surface area contributed by atoms with Crippen LogP contribution in [-0.2, 0) is 9.59 Å². The van der Waals surface area contributed by atoms with Crippen molar-refractivity contribution >= 4 is 23.2 Å². The minimum Gasteiger partial charge on any atom is -0.481 e. The predicted octanol–water partition coefficient (Wildman–Crippen LogP) is 1.75. The third kappa shape index (κ3) is 5.40. The van der Waals surface area contributed by atoms with Gasteiger partial charge in [0.05, 0.1) is 12.5 Å².